The van der Waals surface area contributed by atoms with Crippen molar-refractivity contribution in [3.63, 3.8) is 0 Å². The third-order valence-electron chi connectivity index (χ3n) is 3.82. The predicted molar refractivity (Wildman–Crippen MR) is 94.2 cm³/mol. The van der Waals surface area contributed by atoms with Crippen molar-refractivity contribution in [1.29, 1.82) is 0 Å². The van der Waals surface area contributed by atoms with Gasteiger partial charge in [-0.2, -0.15) is 0 Å². The number of carboxylic acids is 1. The fourth-order valence-corrected chi connectivity index (χ4v) is 2.55. The molecule has 0 saturated carbocycles. The number of fused-ring (bicyclic) bond motifs is 1. The van der Waals surface area contributed by atoms with E-state index in [4.69, 9.17) is 4.42 Å². The van der Waals surface area contributed by atoms with Crippen LogP contribution in [0.25, 0.3) is 10.8 Å². The van der Waals surface area contributed by atoms with Crippen LogP contribution in [0.2, 0.25) is 0 Å². The number of carbonyl (C=O) groups is 2. The van der Waals surface area contributed by atoms with Crippen LogP contribution in [0.3, 0.4) is 0 Å². The van der Waals surface area contributed by atoms with Gasteiger partial charge in [0.15, 0.2) is 0 Å². The fourth-order valence-electron chi connectivity index (χ4n) is 2.55. The van der Waals surface area contributed by atoms with E-state index in [1.54, 1.807) is 18.2 Å². The van der Waals surface area contributed by atoms with Crippen molar-refractivity contribution >= 4 is 28.3 Å². The molecule has 0 radical (unpaired) electrons. The van der Waals surface area contributed by atoms with Crippen molar-refractivity contribution in [2.45, 2.75) is 19.0 Å². The maximum Gasteiger partial charge on any atom is 0.321 e. The first-order valence-corrected chi connectivity index (χ1v) is 7.89. The molecule has 1 amide bonds. The number of hydrogen-bond donors (Lipinski definition) is 3. The summed E-state index contributed by atoms with van der Waals surface area (Å²) in [5.41, 5.74) is 0.638. The number of anilines is 1. The highest BCUT2D eigenvalue weighted by Crippen LogP contribution is 2.19. The minimum absolute atomic E-state index is 0.178. The van der Waals surface area contributed by atoms with Crippen molar-refractivity contribution in [3.05, 3.63) is 66.6 Å². The molecule has 1 aromatic heterocycles. The molecule has 0 spiro atoms. The predicted octanol–water partition coefficient (Wildman–Crippen LogP) is 3.00. The summed E-state index contributed by atoms with van der Waals surface area (Å²) in [4.78, 5) is 23.5. The number of rotatable bonds is 7. The highest BCUT2D eigenvalue weighted by molar-refractivity contribution is 5.96. The average molecular weight is 338 g/mol. The van der Waals surface area contributed by atoms with Crippen molar-refractivity contribution in [1.82, 2.24) is 5.32 Å². The monoisotopic (exact) mass is 338 g/mol. The van der Waals surface area contributed by atoms with E-state index < -0.39 is 12.0 Å². The zero-order valence-corrected chi connectivity index (χ0v) is 13.4. The average Bonchev–Trinajstić information content (AvgIpc) is 3.11. The van der Waals surface area contributed by atoms with E-state index in [0.29, 0.717) is 11.4 Å². The van der Waals surface area contributed by atoms with Crippen molar-refractivity contribution in [2.24, 2.45) is 0 Å². The van der Waals surface area contributed by atoms with Gasteiger partial charge in [-0.3, -0.25) is 14.9 Å². The molecule has 3 N–H and O–H groups in total. The van der Waals surface area contributed by atoms with Crippen molar-refractivity contribution < 1.29 is 19.1 Å². The quantitative estimate of drug-likeness (QED) is 0.616. The third kappa shape index (κ3) is 4.45. The van der Waals surface area contributed by atoms with Gasteiger partial charge in [-0.15, -0.1) is 0 Å². The first-order valence-electron chi connectivity index (χ1n) is 7.89. The zero-order chi connectivity index (χ0) is 17.6. The first-order chi connectivity index (χ1) is 12.1. The van der Waals surface area contributed by atoms with Crippen LogP contribution in [0.4, 0.5) is 5.69 Å². The Labute approximate surface area is 144 Å². The van der Waals surface area contributed by atoms with Gasteiger partial charge in [0.05, 0.1) is 19.2 Å². The molecule has 1 unspecified atom stereocenters. The molecule has 2 aromatic carbocycles. The van der Waals surface area contributed by atoms with E-state index >= 15 is 0 Å². The molecule has 0 aliphatic heterocycles. The van der Waals surface area contributed by atoms with E-state index in [1.165, 1.54) is 6.26 Å². The molecule has 25 heavy (non-hydrogen) atoms. The molecular formula is C19H18N2O4. The summed E-state index contributed by atoms with van der Waals surface area (Å²) in [7, 11) is 0. The molecular weight excluding hydrogens is 320 g/mol. The lowest BCUT2D eigenvalue weighted by Gasteiger charge is -2.14. The Morgan fingerprint density at radius 3 is 2.56 bits per heavy atom. The molecule has 128 valence electrons. The largest absolute Gasteiger partial charge is 0.480 e. The van der Waals surface area contributed by atoms with Crippen LogP contribution in [0.1, 0.15) is 12.2 Å². The van der Waals surface area contributed by atoms with Gasteiger partial charge in [0.2, 0.25) is 5.91 Å². The standard InChI is InChI=1S/C19H18N2O4/c22-18(11-17(19(23)24)20-12-16-6-3-9-25-16)21-15-8-7-13-4-1-2-5-14(13)10-15/h1-10,17,20H,11-12H2,(H,21,22)(H,23,24). The lowest BCUT2D eigenvalue weighted by Crippen LogP contribution is -2.39. The number of amides is 1. The highest BCUT2D eigenvalue weighted by atomic mass is 16.4. The summed E-state index contributed by atoms with van der Waals surface area (Å²) in [5.74, 6) is -0.837. The van der Waals surface area contributed by atoms with Crippen molar-refractivity contribution in [2.75, 3.05) is 5.32 Å². The minimum atomic E-state index is -1.08. The minimum Gasteiger partial charge on any atom is -0.480 e. The molecule has 0 bridgehead atoms. The lowest BCUT2D eigenvalue weighted by atomic mass is 10.1. The van der Waals surface area contributed by atoms with E-state index in [-0.39, 0.29) is 18.9 Å². The summed E-state index contributed by atoms with van der Waals surface area (Å²) in [6.45, 7) is 0.243. The van der Waals surface area contributed by atoms with Gasteiger partial charge in [0, 0.05) is 5.69 Å². The Hall–Kier alpha value is -3.12. The maximum absolute atomic E-state index is 12.2. The summed E-state index contributed by atoms with van der Waals surface area (Å²) in [6.07, 6.45) is 1.34. The lowest BCUT2D eigenvalue weighted by molar-refractivity contribution is -0.141. The Morgan fingerprint density at radius 1 is 1.04 bits per heavy atom. The SMILES string of the molecule is O=C(CC(NCc1ccco1)C(=O)O)Nc1ccc2ccccc2c1. The molecule has 3 rings (SSSR count). The Morgan fingerprint density at radius 2 is 1.84 bits per heavy atom. The van der Waals surface area contributed by atoms with E-state index in [1.807, 2.05) is 36.4 Å². The van der Waals surface area contributed by atoms with Crippen LogP contribution in [0, 0.1) is 0 Å². The van der Waals surface area contributed by atoms with E-state index in [2.05, 4.69) is 10.6 Å². The Kier molecular flexibility index (Phi) is 5.11. The van der Waals surface area contributed by atoms with Gasteiger partial charge in [-0.1, -0.05) is 30.3 Å². The van der Waals surface area contributed by atoms with Crippen LogP contribution < -0.4 is 10.6 Å². The molecule has 6 nitrogen and oxygen atoms in total. The second kappa shape index (κ2) is 7.63. The normalized spacial score (nSPS) is 12.0. The number of benzene rings is 2. The topological polar surface area (TPSA) is 91.6 Å². The Balaban J connectivity index is 1.61. The number of carboxylic acid groups (broad SMARTS) is 1. The smallest absolute Gasteiger partial charge is 0.321 e. The fraction of sp³-hybridized carbons (Fsp3) is 0.158. The third-order valence-corrected chi connectivity index (χ3v) is 3.82. The van der Waals surface area contributed by atoms with Crippen LogP contribution in [0.15, 0.2) is 65.3 Å². The number of aliphatic carboxylic acids is 1. The van der Waals surface area contributed by atoms with Crippen LogP contribution >= 0.6 is 0 Å². The second-order valence-corrected chi connectivity index (χ2v) is 5.67. The molecule has 6 heteroatoms. The molecule has 0 aliphatic carbocycles. The van der Waals surface area contributed by atoms with Gasteiger partial charge >= 0.3 is 5.97 Å². The Bertz CT molecular complexity index is 874. The van der Waals surface area contributed by atoms with Gasteiger partial charge in [-0.25, -0.2) is 0 Å². The number of carbonyl (C=O) groups excluding carboxylic acids is 1. The highest BCUT2D eigenvalue weighted by Gasteiger charge is 2.21. The van der Waals surface area contributed by atoms with Crippen LogP contribution in [-0.4, -0.2) is 23.0 Å². The first kappa shape index (κ1) is 16.7. The molecule has 3 aromatic rings. The summed E-state index contributed by atoms with van der Waals surface area (Å²) >= 11 is 0. The summed E-state index contributed by atoms with van der Waals surface area (Å²) in [5, 5.41) is 16.9. The van der Waals surface area contributed by atoms with Crippen LogP contribution in [0.5, 0.6) is 0 Å². The summed E-state index contributed by atoms with van der Waals surface area (Å²) in [6, 6.07) is 15.8. The van der Waals surface area contributed by atoms with Gasteiger partial charge in [-0.05, 0) is 35.0 Å². The molecule has 0 fully saturated rings. The van der Waals surface area contributed by atoms with Gasteiger partial charge < -0.3 is 14.8 Å². The number of nitrogens with one attached hydrogen (secondary N) is 2. The number of hydrogen-bond acceptors (Lipinski definition) is 4. The molecule has 0 aliphatic rings. The second-order valence-electron chi connectivity index (χ2n) is 5.67. The summed E-state index contributed by atoms with van der Waals surface area (Å²) < 4.78 is 5.15. The van der Waals surface area contributed by atoms with Crippen LogP contribution in [-0.2, 0) is 16.1 Å². The maximum atomic E-state index is 12.2. The van der Waals surface area contributed by atoms with E-state index in [9.17, 15) is 14.7 Å². The molecule has 1 heterocycles. The zero-order valence-electron chi connectivity index (χ0n) is 13.4. The van der Waals surface area contributed by atoms with Crippen molar-refractivity contribution in [3.8, 4) is 0 Å². The van der Waals surface area contributed by atoms with Gasteiger partial charge in [0.25, 0.3) is 0 Å². The van der Waals surface area contributed by atoms with E-state index in [0.717, 1.165) is 10.8 Å². The van der Waals surface area contributed by atoms with Gasteiger partial charge in [0.1, 0.15) is 11.8 Å². The number of furan rings is 1. The molecule has 0 saturated heterocycles. The molecule has 1 atom stereocenters.